The molecule has 0 aromatic heterocycles. The van der Waals surface area contributed by atoms with Crippen molar-refractivity contribution in [3.63, 3.8) is 0 Å². The van der Waals surface area contributed by atoms with E-state index in [-0.39, 0.29) is 28.0 Å². The van der Waals surface area contributed by atoms with Crippen LogP contribution in [0.2, 0.25) is 5.02 Å². The maximum absolute atomic E-state index is 12.5. The van der Waals surface area contributed by atoms with Gasteiger partial charge < -0.3 is 5.32 Å². The number of nitrogens with one attached hydrogen (secondary N) is 2. The molecule has 0 aliphatic rings. The second-order valence-electron chi connectivity index (χ2n) is 7.64. The summed E-state index contributed by atoms with van der Waals surface area (Å²) < 4.78 is 24.9. The average molecular weight is 409 g/mol. The molecule has 5 nitrogen and oxygen atoms in total. The molecule has 0 aliphatic heterocycles. The normalized spacial score (nSPS) is 13.1. The van der Waals surface area contributed by atoms with Gasteiger partial charge in [0.05, 0.1) is 22.9 Å². The Bertz CT molecular complexity index is 933. The fraction of sp³-hybridized carbons (Fsp3) is 0.350. The lowest BCUT2D eigenvalue weighted by Crippen LogP contribution is -2.27. The highest BCUT2D eigenvalue weighted by Crippen LogP contribution is 2.25. The highest BCUT2D eigenvalue weighted by molar-refractivity contribution is 7.92. The van der Waals surface area contributed by atoms with Crippen molar-refractivity contribution >= 4 is 33.2 Å². The molecular weight excluding hydrogens is 384 g/mol. The van der Waals surface area contributed by atoms with E-state index >= 15 is 0 Å². The van der Waals surface area contributed by atoms with E-state index in [0.717, 1.165) is 11.8 Å². The number of carbonyl (C=O) groups is 1. The first-order valence-corrected chi connectivity index (χ1v) is 10.8. The van der Waals surface area contributed by atoms with Crippen LogP contribution in [0.5, 0.6) is 0 Å². The van der Waals surface area contributed by atoms with Gasteiger partial charge in [-0.05, 0) is 41.7 Å². The molecule has 1 amide bonds. The van der Waals surface area contributed by atoms with Gasteiger partial charge >= 0.3 is 0 Å². The van der Waals surface area contributed by atoms with Crippen LogP contribution in [-0.4, -0.2) is 20.6 Å². The van der Waals surface area contributed by atoms with Gasteiger partial charge in [0.2, 0.25) is 10.0 Å². The number of amides is 1. The molecule has 0 radical (unpaired) electrons. The molecule has 0 saturated heterocycles. The van der Waals surface area contributed by atoms with E-state index in [0.29, 0.717) is 5.69 Å². The Labute approximate surface area is 166 Å². The van der Waals surface area contributed by atoms with Crippen LogP contribution in [0.1, 0.15) is 55.2 Å². The molecule has 0 unspecified atom stereocenters. The monoisotopic (exact) mass is 408 g/mol. The molecular formula is C20H25ClN2O3S. The summed E-state index contributed by atoms with van der Waals surface area (Å²) in [7, 11) is -3.41. The maximum Gasteiger partial charge on any atom is 0.253 e. The number of benzene rings is 2. The van der Waals surface area contributed by atoms with Gasteiger partial charge in [0.15, 0.2) is 0 Å². The quantitative estimate of drug-likeness (QED) is 0.764. The number of hydrogen-bond donors (Lipinski definition) is 2. The summed E-state index contributed by atoms with van der Waals surface area (Å²) in [4.78, 5) is 12.5. The topological polar surface area (TPSA) is 75.3 Å². The fourth-order valence-electron chi connectivity index (χ4n) is 2.61. The molecule has 0 bridgehead atoms. The zero-order chi connectivity index (χ0) is 20.4. The molecule has 0 fully saturated rings. The first-order valence-electron chi connectivity index (χ1n) is 8.55. The SMILES string of the molecule is C[C@H](NC(=O)c1ccc(NS(C)(=O)=O)cc1Cl)c1ccc(C(C)(C)C)cc1. The number of carbonyl (C=O) groups excluding carboxylic acids is 1. The van der Waals surface area contributed by atoms with Crippen LogP contribution in [0.3, 0.4) is 0 Å². The summed E-state index contributed by atoms with van der Waals surface area (Å²) in [6.45, 7) is 8.35. The van der Waals surface area contributed by atoms with Crippen LogP contribution in [0.15, 0.2) is 42.5 Å². The number of rotatable bonds is 5. The van der Waals surface area contributed by atoms with E-state index < -0.39 is 10.0 Å². The van der Waals surface area contributed by atoms with Crippen molar-refractivity contribution in [2.75, 3.05) is 11.0 Å². The third kappa shape index (κ3) is 5.97. The minimum Gasteiger partial charge on any atom is -0.345 e. The van der Waals surface area contributed by atoms with Gasteiger partial charge in [0.1, 0.15) is 0 Å². The first-order chi connectivity index (χ1) is 12.4. The molecule has 2 rings (SSSR count). The van der Waals surface area contributed by atoms with Crippen LogP contribution < -0.4 is 10.0 Å². The van der Waals surface area contributed by atoms with E-state index in [1.165, 1.54) is 23.8 Å². The molecule has 27 heavy (non-hydrogen) atoms. The summed E-state index contributed by atoms with van der Waals surface area (Å²) in [5.41, 5.74) is 2.88. The van der Waals surface area contributed by atoms with Gasteiger partial charge in [-0.2, -0.15) is 0 Å². The van der Waals surface area contributed by atoms with Gasteiger partial charge in [0, 0.05) is 5.69 Å². The largest absolute Gasteiger partial charge is 0.345 e. The van der Waals surface area contributed by atoms with Gasteiger partial charge in [-0.15, -0.1) is 0 Å². The minimum atomic E-state index is -3.41. The smallest absolute Gasteiger partial charge is 0.253 e. The zero-order valence-electron chi connectivity index (χ0n) is 16.1. The first kappa shape index (κ1) is 21.3. The van der Waals surface area contributed by atoms with Crippen LogP contribution in [0, 0.1) is 0 Å². The van der Waals surface area contributed by atoms with Crippen molar-refractivity contribution < 1.29 is 13.2 Å². The van der Waals surface area contributed by atoms with Crippen molar-refractivity contribution in [2.24, 2.45) is 0 Å². The maximum atomic E-state index is 12.5. The van der Waals surface area contributed by atoms with Crippen molar-refractivity contribution in [1.29, 1.82) is 0 Å². The molecule has 1 atom stereocenters. The third-order valence-electron chi connectivity index (χ3n) is 4.14. The van der Waals surface area contributed by atoms with Crippen molar-refractivity contribution in [3.05, 3.63) is 64.2 Å². The highest BCUT2D eigenvalue weighted by Gasteiger charge is 2.17. The molecule has 0 heterocycles. The summed E-state index contributed by atoms with van der Waals surface area (Å²) in [5, 5.41) is 3.09. The van der Waals surface area contributed by atoms with E-state index in [1.54, 1.807) is 0 Å². The van der Waals surface area contributed by atoms with Crippen LogP contribution in [0.4, 0.5) is 5.69 Å². The predicted octanol–water partition coefficient (Wildman–Crippen LogP) is 4.50. The lowest BCUT2D eigenvalue weighted by atomic mass is 9.86. The van der Waals surface area contributed by atoms with Crippen molar-refractivity contribution in [1.82, 2.24) is 5.32 Å². The standard InChI is InChI=1S/C20H25ClN2O3S/c1-13(14-6-8-15(9-7-14)20(2,3)4)22-19(24)17-11-10-16(12-18(17)21)23-27(5,25)26/h6-13,23H,1-5H3,(H,22,24)/t13-/m0/s1. The Morgan fingerprint density at radius 2 is 1.67 bits per heavy atom. The number of hydrogen-bond acceptors (Lipinski definition) is 3. The van der Waals surface area contributed by atoms with Crippen LogP contribution >= 0.6 is 11.6 Å². The molecule has 2 N–H and O–H groups in total. The van der Waals surface area contributed by atoms with E-state index in [9.17, 15) is 13.2 Å². The lowest BCUT2D eigenvalue weighted by molar-refractivity contribution is 0.0940. The second-order valence-corrected chi connectivity index (χ2v) is 9.79. The van der Waals surface area contributed by atoms with Crippen LogP contribution in [0.25, 0.3) is 0 Å². The molecule has 2 aromatic carbocycles. The van der Waals surface area contributed by atoms with E-state index in [2.05, 4.69) is 42.9 Å². The van der Waals surface area contributed by atoms with Gasteiger partial charge in [-0.1, -0.05) is 56.6 Å². The number of sulfonamides is 1. The van der Waals surface area contributed by atoms with Crippen LogP contribution in [-0.2, 0) is 15.4 Å². The molecule has 7 heteroatoms. The third-order valence-corrected chi connectivity index (χ3v) is 5.06. The Hall–Kier alpha value is -2.05. The Balaban J connectivity index is 2.12. The fourth-order valence-corrected chi connectivity index (χ4v) is 3.43. The molecule has 0 spiro atoms. The Kier molecular flexibility index (Phi) is 6.22. The molecule has 2 aromatic rings. The molecule has 0 aliphatic carbocycles. The van der Waals surface area contributed by atoms with E-state index in [1.807, 2.05) is 19.1 Å². The van der Waals surface area contributed by atoms with Gasteiger partial charge in [-0.3, -0.25) is 9.52 Å². The zero-order valence-corrected chi connectivity index (χ0v) is 17.7. The number of halogens is 1. The number of anilines is 1. The minimum absolute atomic E-state index is 0.0697. The summed E-state index contributed by atoms with van der Waals surface area (Å²) in [6.07, 6.45) is 1.05. The van der Waals surface area contributed by atoms with Gasteiger partial charge in [0.25, 0.3) is 5.91 Å². The summed E-state index contributed by atoms with van der Waals surface area (Å²) in [6, 6.07) is 12.4. The highest BCUT2D eigenvalue weighted by atomic mass is 35.5. The van der Waals surface area contributed by atoms with Gasteiger partial charge in [-0.25, -0.2) is 8.42 Å². The molecule has 0 saturated carbocycles. The predicted molar refractivity (Wildman–Crippen MR) is 111 cm³/mol. The summed E-state index contributed by atoms with van der Waals surface area (Å²) >= 11 is 6.16. The Morgan fingerprint density at radius 3 is 2.15 bits per heavy atom. The Morgan fingerprint density at radius 1 is 1.07 bits per heavy atom. The molecule has 146 valence electrons. The summed E-state index contributed by atoms with van der Waals surface area (Å²) in [5.74, 6) is -0.321. The van der Waals surface area contributed by atoms with Crippen molar-refractivity contribution in [2.45, 2.75) is 39.2 Å². The van der Waals surface area contributed by atoms with E-state index in [4.69, 9.17) is 11.6 Å². The lowest BCUT2D eigenvalue weighted by Gasteiger charge is -2.21. The average Bonchev–Trinajstić information content (AvgIpc) is 2.52. The van der Waals surface area contributed by atoms with Crippen molar-refractivity contribution in [3.8, 4) is 0 Å². The second kappa shape index (κ2) is 7.90.